The van der Waals surface area contributed by atoms with E-state index in [9.17, 15) is 18.4 Å². The summed E-state index contributed by atoms with van der Waals surface area (Å²) in [5.74, 6) is -2.55. The van der Waals surface area contributed by atoms with Gasteiger partial charge in [0.15, 0.2) is 0 Å². The molecule has 0 fully saturated rings. The Morgan fingerprint density at radius 1 is 0.970 bits per heavy atom. The Labute approximate surface area is 190 Å². The molecule has 0 radical (unpaired) electrons. The van der Waals surface area contributed by atoms with Crippen molar-refractivity contribution < 1.29 is 18.4 Å². The third-order valence-corrected chi connectivity index (χ3v) is 4.86. The van der Waals surface area contributed by atoms with Crippen LogP contribution in [0.1, 0.15) is 38.3 Å². The van der Waals surface area contributed by atoms with Gasteiger partial charge in [-0.05, 0) is 67.1 Å². The van der Waals surface area contributed by atoms with Crippen LogP contribution < -0.4 is 11.1 Å². The van der Waals surface area contributed by atoms with Crippen molar-refractivity contribution in [2.45, 2.75) is 13.0 Å². The molecule has 0 saturated heterocycles. The average Bonchev–Trinajstić information content (AvgIpc) is 2.81. The molecule has 3 N–H and O–H groups in total. The second kappa shape index (κ2) is 11.0. The van der Waals surface area contributed by atoms with Crippen molar-refractivity contribution in [3.8, 4) is 6.07 Å². The lowest BCUT2D eigenvalue weighted by Gasteiger charge is -2.23. The van der Waals surface area contributed by atoms with Gasteiger partial charge in [0, 0.05) is 36.0 Å². The zero-order valence-electron chi connectivity index (χ0n) is 17.7. The molecule has 3 rings (SSSR count). The molecule has 8 heteroatoms. The fourth-order valence-corrected chi connectivity index (χ4v) is 3.26. The molecule has 168 valence electrons. The lowest BCUT2D eigenvalue weighted by atomic mass is 10.1. The monoisotopic (exact) mass is 448 g/mol. The topological polar surface area (TPSA) is 99.2 Å². The minimum atomic E-state index is -0.842. The highest BCUT2D eigenvalue weighted by molar-refractivity contribution is 6.04. The maximum absolute atomic E-state index is 13.4. The van der Waals surface area contributed by atoms with Gasteiger partial charge in [-0.25, -0.2) is 8.78 Å². The van der Waals surface area contributed by atoms with E-state index in [1.54, 1.807) is 53.4 Å². The number of rotatable bonds is 8. The van der Waals surface area contributed by atoms with Gasteiger partial charge < -0.3 is 16.0 Å². The highest BCUT2D eigenvalue weighted by atomic mass is 19.1. The highest BCUT2D eigenvalue weighted by Crippen LogP contribution is 2.17. The minimum Gasteiger partial charge on any atom is -0.334 e. The van der Waals surface area contributed by atoms with Gasteiger partial charge in [0.2, 0.25) is 0 Å². The second-order valence-electron chi connectivity index (χ2n) is 7.37. The molecule has 0 aliphatic rings. The summed E-state index contributed by atoms with van der Waals surface area (Å²) in [4.78, 5) is 27.1. The van der Waals surface area contributed by atoms with Crippen molar-refractivity contribution in [3.63, 3.8) is 0 Å². The number of halogens is 2. The predicted octanol–water partition coefficient (Wildman–Crippen LogP) is 4.08. The number of nitrogens with zero attached hydrogens (tertiary/aromatic N) is 2. The van der Waals surface area contributed by atoms with Crippen LogP contribution in [0, 0.1) is 23.0 Å². The third-order valence-electron chi connectivity index (χ3n) is 4.86. The molecule has 0 spiro atoms. The third kappa shape index (κ3) is 6.45. The molecule has 3 aromatic rings. The lowest BCUT2D eigenvalue weighted by Crippen LogP contribution is -2.32. The van der Waals surface area contributed by atoms with E-state index in [2.05, 4.69) is 5.32 Å². The maximum atomic E-state index is 13.4. The fourth-order valence-electron chi connectivity index (χ4n) is 3.26. The summed E-state index contributed by atoms with van der Waals surface area (Å²) >= 11 is 0. The van der Waals surface area contributed by atoms with Gasteiger partial charge in [0.25, 0.3) is 11.8 Å². The Hall–Kier alpha value is -4.09. The van der Waals surface area contributed by atoms with Crippen LogP contribution in [0.4, 0.5) is 14.5 Å². The van der Waals surface area contributed by atoms with Crippen LogP contribution in [0.3, 0.4) is 0 Å². The Balaban J connectivity index is 1.76. The predicted molar refractivity (Wildman–Crippen MR) is 120 cm³/mol. The van der Waals surface area contributed by atoms with Crippen LogP contribution in [0.2, 0.25) is 0 Å². The number of carbonyl (C=O) groups excluding carboxylic acids is 2. The molecule has 0 heterocycles. The Kier molecular flexibility index (Phi) is 7.84. The highest BCUT2D eigenvalue weighted by Gasteiger charge is 2.17. The van der Waals surface area contributed by atoms with Crippen molar-refractivity contribution >= 4 is 17.5 Å². The molecule has 0 atom stereocenters. The van der Waals surface area contributed by atoms with Gasteiger partial charge in [-0.1, -0.05) is 12.1 Å². The first-order chi connectivity index (χ1) is 15.9. The van der Waals surface area contributed by atoms with Gasteiger partial charge in [-0.2, -0.15) is 5.26 Å². The summed E-state index contributed by atoms with van der Waals surface area (Å²) < 4.78 is 26.8. The normalized spacial score (nSPS) is 10.4. The summed E-state index contributed by atoms with van der Waals surface area (Å²) in [6, 6.07) is 17.8. The number of nitrogens with two attached hydrogens (primary N) is 1. The lowest BCUT2D eigenvalue weighted by molar-refractivity contribution is 0.0742. The molecular formula is C25H22F2N4O2. The van der Waals surface area contributed by atoms with Gasteiger partial charge >= 0.3 is 0 Å². The number of carbonyl (C=O) groups is 2. The van der Waals surface area contributed by atoms with Crippen LogP contribution in [-0.2, 0) is 6.54 Å². The van der Waals surface area contributed by atoms with Crippen molar-refractivity contribution in [2.75, 3.05) is 18.4 Å². The zero-order valence-corrected chi connectivity index (χ0v) is 17.7. The maximum Gasteiger partial charge on any atom is 0.255 e. The average molecular weight is 448 g/mol. The van der Waals surface area contributed by atoms with Crippen molar-refractivity contribution in [2.24, 2.45) is 5.73 Å². The molecular weight excluding hydrogens is 426 g/mol. The van der Waals surface area contributed by atoms with E-state index in [0.717, 1.165) is 17.7 Å². The Morgan fingerprint density at radius 2 is 1.67 bits per heavy atom. The molecule has 3 aromatic carbocycles. The van der Waals surface area contributed by atoms with Gasteiger partial charge in [-0.15, -0.1) is 0 Å². The molecule has 0 unspecified atom stereocenters. The molecule has 0 aromatic heterocycles. The summed E-state index contributed by atoms with van der Waals surface area (Å²) in [5, 5.41) is 11.6. The first-order valence-electron chi connectivity index (χ1n) is 10.3. The summed E-state index contributed by atoms with van der Waals surface area (Å²) in [6.07, 6.45) is 0.601. The van der Waals surface area contributed by atoms with Crippen molar-refractivity contribution in [3.05, 3.63) is 101 Å². The van der Waals surface area contributed by atoms with E-state index < -0.39 is 17.5 Å². The second-order valence-corrected chi connectivity index (χ2v) is 7.37. The van der Waals surface area contributed by atoms with E-state index in [1.807, 2.05) is 6.07 Å². The molecule has 0 aliphatic carbocycles. The van der Waals surface area contributed by atoms with Crippen LogP contribution in [0.25, 0.3) is 0 Å². The number of nitriles is 1. The van der Waals surface area contributed by atoms with Crippen molar-refractivity contribution in [1.29, 1.82) is 5.26 Å². The number of benzene rings is 3. The summed E-state index contributed by atoms with van der Waals surface area (Å²) in [5.41, 5.74) is 7.57. The van der Waals surface area contributed by atoms with Crippen LogP contribution in [0.15, 0.2) is 66.7 Å². The van der Waals surface area contributed by atoms with E-state index in [-0.39, 0.29) is 18.0 Å². The number of anilines is 1. The van der Waals surface area contributed by atoms with Crippen molar-refractivity contribution in [1.82, 2.24) is 4.90 Å². The Bertz CT molecular complexity index is 1170. The number of hydrogen-bond acceptors (Lipinski definition) is 4. The van der Waals surface area contributed by atoms with E-state index in [4.69, 9.17) is 11.0 Å². The largest absolute Gasteiger partial charge is 0.334 e. The van der Waals surface area contributed by atoms with E-state index >= 15 is 0 Å². The van der Waals surface area contributed by atoms with Crippen LogP contribution >= 0.6 is 0 Å². The first kappa shape index (κ1) is 23.6. The Morgan fingerprint density at radius 3 is 2.30 bits per heavy atom. The van der Waals surface area contributed by atoms with Gasteiger partial charge in [0.05, 0.1) is 11.6 Å². The summed E-state index contributed by atoms with van der Waals surface area (Å²) in [6.45, 7) is 1.10. The standard InChI is InChI=1S/C25H22F2N4O2/c26-21-12-20(13-22(27)14-21)24(32)30-23-4-1-3-18(11-23)16-31(10-2-9-28)25(33)19-7-5-17(15-29)6-8-19/h1,3-8,11-14H,2,9-10,16,28H2,(H,30,32). The zero-order chi connectivity index (χ0) is 23.8. The molecule has 2 amide bonds. The molecule has 6 nitrogen and oxygen atoms in total. The number of amides is 2. The molecule has 33 heavy (non-hydrogen) atoms. The quantitative estimate of drug-likeness (QED) is 0.542. The van der Waals surface area contributed by atoms with Crippen LogP contribution in [-0.4, -0.2) is 29.8 Å². The molecule has 0 aliphatic heterocycles. The number of hydrogen-bond donors (Lipinski definition) is 2. The number of nitrogens with one attached hydrogen (secondary N) is 1. The van der Waals surface area contributed by atoms with Crippen LogP contribution in [0.5, 0.6) is 0 Å². The fraction of sp³-hybridized carbons (Fsp3) is 0.160. The molecule has 0 saturated carbocycles. The SMILES string of the molecule is N#Cc1ccc(C(=O)N(CCCN)Cc2cccc(NC(=O)c3cc(F)cc(F)c3)c2)cc1. The van der Waals surface area contributed by atoms with Gasteiger partial charge in [0.1, 0.15) is 11.6 Å². The molecule has 0 bridgehead atoms. The van der Waals surface area contributed by atoms with E-state index in [0.29, 0.717) is 42.4 Å². The smallest absolute Gasteiger partial charge is 0.255 e. The van der Waals surface area contributed by atoms with Gasteiger partial charge in [-0.3, -0.25) is 9.59 Å². The minimum absolute atomic E-state index is 0.140. The first-order valence-corrected chi connectivity index (χ1v) is 10.3. The summed E-state index contributed by atoms with van der Waals surface area (Å²) in [7, 11) is 0. The van der Waals surface area contributed by atoms with E-state index in [1.165, 1.54) is 0 Å².